The monoisotopic (exact) mass is 384 g/mol. The molecule has 144 valence electrons. The van der Waals surface area contributed by atoms with E-state index in [4.69, 9.17) is 10.2 Å². The maximum Gasteiger partial charge on any atom is 1.00 e. The van der Waals surface area contributed by atoms with E-state index in [-0.39, 0.29) is 71.9 Å². The molecule has 0 unspecified atom stereocenters. The first-order valence-corrected chi connectivity index (χ1v) is 9.41. The van der Waals surface area contributed by atoms with E-state index < -0.39 is 5.97 Å². The van der Waals surface area contributed by atoms with Crippen LogP contribution in [0.5, 0.6) is 0 Å². The summed E-state index contributed by atoms with van der Waals surface area (Å²) in [4.78, 5) is 24.0. The molecule has 0 atom stereocenters. The summed E-state index contributed by atoms with van der Waals surface area (Å²) in [5, 5.41) is 20.5. The van der Waals surface area contributed by atoms with Crippen LogP contribution in [-0.2, 0) is 9.59 Å². The molecular formula is C18H37KN2O4. The number of rotatable bonds is 17. The molecule has 3 N–H and O–H groups in total. The second-order valence-electron chi connectivity index (χ2n) is 6.32. The maximum absolute atomic E-state index is 11.7. The molecule has 0 aliphatic carbocycles. The van der Waals surface area contributed by atoms with Gasteiger partial charge in [-0.3, -0.25) is 14.5 Å². The minimum atomic E-state index is -0.926. The van der Waals surface area contributed by atoms with E-state index in [1.807, 2.05) is 0 Å². The normalized spacial score (nSPS) is 10.5. The summed E-state index contributed by atoms with van der Waals surface area (Å²) in [6, 6.07) is 0. The molecule has 0 aliphatic rings. The number of hydrogen-bond acceptors (Lipinski definition) is 4. The van der Waals surface area contributed by atoms with Gasteiger partial charge in [-0.2, -0.15) is 0 Å². The van der Waals surface area contributed by atoms with Gasteiger partial charge in [0.05, 0.1) is 13.2 Å². The SMILES string of the molecule is CCCCCCCCCCCC(=O)NCCN(CCO)CC(=O)O.[H-].[K+]. The molecule has 25 heavy (non-hydrogen) atoms. The van der Waals surface area contributed by atoms with E-state index in [2.05, 4.69) is 12.2 Å². The fourth-order valence-electron chi connectivity index (χ4n) is 2.64. The largest absolute Gasteiger partial charge is 1.00 e. The average Bonchev–Trinajstić information content (AvgIpc) is 2.53. The zero-order chi connectivity index (χ0) is 18.0. The zero-order valence-corrected chi connectivity index (χ0v) is 19.4. The number of carboxylic acids is 1. The number of carbonyl (C=O) groups is 2. The third-order valence-electron chi connectivity index (χ3n) is 4.03. The van der Waals surface area contributed by atoms with E-state index in [1.54, 1.807) is 4.90 Å². The Hall–Kier alpha value is 0.496. The van der Waals surface area contributed by atoms with Gasteiger partial charge in [0.2, 0.25) is 5.91 Å². The summed E-state index contributed by atoms with van der Waals surface area (Å²) in [6.07, 6.45) is 11.6. The van der Waals surface area contributed by atoms with Crippen molar-refractivity contribution in [1.82, 2.24) is 10.2 Å². The Morgan fingerprint density at radius 3 is 2.04 bits per heavy atom. The van der Waals surface area contributed by atoms with Crippen LogP contribution in [0.1, 0.15) is 72.6 Å². The second kappa shape index (κ2) is 20.8. The van der Waals surface area contributed by atoms with Gasteiger partial charge in [0, 0.05) is 26.1 Å². The predicted octanol–water partition coefficient (Wildman–Crippen LogP) is -0.481. The first kappa shape index (κ1) is 27.7. The molecule has 0 aliphatic heterocycles. The number of aliphatic hydroxyl groups is 1. The summed E-state index contributed by atoms with van der Waals surface area (Å²) in [5.74, 6) is -0.901. The predicted molar refractivity (Wildman–Crippen MR) is 97.1 cm³/mol. The van der Waals surface area contributed by atoms with Crippen molar-refractivity contribution in [2.75, 3.05) is 32.8 Å². The molecule has 7 heteroatoms. The number of aliphatic hydroxyl groups excluding tert-OH is 1. The molecule has 0 saturated heterocycles. The molecule has 0 aromatic heterocycles. The van der Waals surface area contributed by atoms with Crippen LogP contribution in [0.25, 0.3) is 0 Å². The summed E-state index contributed by atoms with van der Waals surface area (Å²) >= 11 is 0. The topological polar surface area (TPSA) is 89.9 Å². The van der Waals surface area contributed by atoms with Gasteiger partial charge in [-0.15, -0.1) is 0 Å². The van der Waals surface area contributed by atoms with Crippen molar-refractivity contribution in [3.8, 4) is 0 Å². The number of hydrogen-bond donors (Lipinski definition) is 3. The number of carbonyl (C=O) groups excluding carboxylic acids is 1. The Labute approximate surface area is 197 Å². The van der Waals surface area contributed by atoms with Crippen LogP contribution in [0.15, 0.2) is 0 Å². The Balaban J connectivity index is -0.00000264. The van der Waals surface area contributed by atoms with Crippen molar-refractivity contribution in [1.29, 1.82) is 0 Å². The van der Waals surface area contributed by atoms with E-state index >= 15 is 0 Å². The number of unbranched alkanes of at least 4 members (excludes halogenated alkanes) is 8. The number of nitrogens with zero attached hydrogens (tertiary/aromatic N) is 1. The van der Waals surface area contributed by atoms with Crippen LogP contribution in [-0.4, -0.2) is 59.8 Å². The fraction of sp³-hybridized carbons (Fsp3) is 0.889. The van der Waals surface area contributed by atoms with Crippen molar-refractivity contribution in [2.24, 2.45) is 0 Å². The average molecular weight is 385 g/mol. The Bertz CT molecular complexity index is 336. The van der Waals surface area contributed by atoms with E-state index in [0.29, 0.717) is 26.1 Å². The van der Waals surface area contributed by atoms with Crippen molar-refractivity contribution in [2.45, 2.75) is 71.1 Å². The first-order chi connectivity index (χ1) is 11.6. The Morgan fingerprint density at radius 2 is 1.52 bits per heavy atom. The summed E-state index contributed by atoms with van der Waals surface area (Å²) in [7, 11) is 0. The number of nitrogens with one attached hydrogen (secondary N) is 1. The third-order valence-corrected chi connectivity index (χ3v) is 4.03. The van der Waals surface area contributed by atoms with E-state index in [0.717, 1.165) is 12.8 Å². The second-order valence-corrected chi connectivity index (χ2v) is 6.32. The molecule has 0 heterocycles. The molecule has 0 radical (unpaired) electrons. The molecule has 0 spiro atoms. The third kappa shape index (κ3) is 20.7. The van der Waals surface area contributed by atoms with Crippen LogP contribution in [0, 0.1) is 0 Å². The van der Waals surface area contributed by atoms with Gasteiger partial charge in [-0.05, 0) is 6.42 Å². The molecule has 0 aromatic carbocycles. The molecule has 1 amide bonds. The molecule has 0 fully saturated rings. The maximum atomic E-state index is 11.7. The van der Waals surface area contributed by atoms with Crippen LogP contribution in [0.2, 0.25) is 0 Å². The number of carboxylic acid groups (broad SMARTS) is 1. The Morgan fingerprint density at radius 1 is 0.960 bits per heavy atom. The van der Waals surface area contributed by atoms with Crippen molar-refractivity contribution in [3.63, 3.8) is 0 Å². The van der Waals surface area contributed by atoms with E-state index in [9.17, 15) is 9.59 Å². The zero-order valence-electron chi connectivity index (χ0n) is 17.3. The van der Waals surface area contributed by atoms with Crippen LogP contribution >= 0.6 is 0 Å². The van der Waals surface area contributed by atoms with Gasteiger partial charge < -0.3 is 17.0 Å². The van der Waals surface area contributed by atoms with Gasteiger partial charge in [-0.1, -0.05) is 58.3 Å². The van der Waals surface area contributed by atoms with Crippen molar-refractivity contribution >= 4 is 11.9 Å². The minimum Gasteiger partial charge on any atom is -1.00 e. The molecule has 0 rings (SSSR count). The minimum absolute atomic E-state index is 0. The van der Waals surface area contributed by atoms with Crippen LogP contribution < -0.4 is 56.7 Å². The van der Waals surface area contributed by atoms with Crippen molar-refractivity contribution in [3.05, 3.63) is 0 Å². The molecular weight excluding hydrogens is 347 g/mol. The van der Waals surface area contributed by atoms with Crippen LogP contribution in [0.3, 0.4) is 0 Å². The quantitative estimate of drug-likeness (QED) is 0.233. The molecule has 0 bridgehead atoms. The summed E-state index contributed by atoms with van der Waals surface area (Å²) in [5.41, 5.74) is 0. The van der Waals surface area contributed by atoms with Gasteiger partial charge in [-0.25, -0.2) is 0 Å². The molecule has 0 aromatic rings. The van der Waals surface area contributed by atoms with Gasteiger partial charge in [0.1, 0.15) is 0 Å². The van der Waals surface area contributed by atoms with Gasteiger partial charge in [0.25, 0.3) is 0 Å². The smallest absolute Gasteiger partial charge is 1.00 e. The standard InChI is InChI=1S/C18H36N2O4.K.H/c1-2-3-4-5-6-7-8-9-10-11-17(22)19-12-13-20(14-15-21)16-18(23)24;;/h21H,2-16H2,1H3,(H,19,22)(H,23,24);;/q;+1;-1. The Kier molecular flexibility index (Phi) is 23.1. The fourth-order valence-corrected chi connectivity index (χ4v) is 2.64. The molecule has 0 saturated carbocycles. The van der Waals surface area contributed by atoms with Gasteiger partial charge in [0.15, 0.2) is 0 Å². The van der Waals surface area contributed by atoms with Crippen molar-refractivity contribution < 1.29 is 72.6 Å². The van der Waals surface area contributed by atoms with Gasteiger partial charge >= 0.3 is 57.4 Å². The van der Waals surface area contributed by atoms with Crippen LogP contribution in [0.4, 0.5) is 0 Å². The van der Waals surface area contributed by atoms with E-state index in [1.165, 1.54) is 44.9 Å². The summed E-state index contributed by atoms with van der Waals surface area (Å²) in [6.45, 7) is 3.19. The number of aliphatic carboxylic acids is 1. The number of amides is 1. The first-order valence-electron chi connectivity index (χ1n) is 9.41. The summed E-state index contributed by atoms with van der Waals surface area (Å²) < 4.78 is 0. The molecule has 6 nitrogen and oxygen atoms in total.